The maximum atomic E-state index is 11.7. The van der Waals surface area contributed by atoms with Gasteiger partial charge in [0.15, 0.2) is 0 Å². The lowest BCUT2D eigenvalue weighted by molar-refractivity contribution is 0.0525. The summed E-state index contributed by atoms with van der Waals surface area (Å²) in [5, 5.41) is 3.77. The molecule has 0 bridgehead atoms. The number of esters is 1. The van der Waals surface area contributed by atoms with Crippen LogP contribution in [0.4, 0.5) is 0 Å². The van der Waals surface area contributed by atoms with Crippen molar-refractivity contribution < 1.29 is 14.4 Å². The summed E-state index contributed by atoms with van der Waals surface area (Å²) < 4.78 is 4.99. The predicted octanol–water partition coefficient (Wildman–Crippen LogP) is 2.18. The zero-order valence-corrected chi connectivity index (χ0v) is 10.7. The van der Waals surface area contributed by atoms with Crippen LogP contribution in [0.5, 0.6) is 0 Å². The highest BCUT2D eigenvalue weighted by molar-refractivity contribution is 5.95. The molecule has 0 aliphatic rings. The Morgan fingerprint density at radius 2 is 2.06 bits per heavy atom. The van der Waals surface area contributed by atoms with E-state index >= 15 is 0 Å². The van der Waals surface area contributed by atoms with Gasteiger partial charge in [-0.05, 0) is 33.3 Å². The first-order chi connectivity index (χ1) is 8.11. The largest absolute Gasteiger partial charge is 0.462 e. The maximum Gasteiger partial charge on any atom is 0.340 e. The molecule has 0 aliphatic heterocycles. The monoisotopic (exact) mass is 238 g/mol. The highest BCUT2D eigenvalue weighted by Gasteiger charge is 2.18. The van der Waals surface area contributed by atoms with Crippen LogP contribution in [0.1, 0.15) is 41.2 Å². The zero-order chi connectivity index (χ0) is 12.8. The van der Waals surface area contributed by atoms with Crippen LogP contribution >= 0.6 is 0 Å². The molecule has 5 nitrogen and oxygen atoms in total. The smallest absolute Gasteiger partial charge is 0.340 e. The number of nitrogens with one attached hydrogen (secondary N) is 1. The first kappa shape index (κ1) is 13.3. The molecule has 0 fully saturated rings. The van der Waals surface area contributed by atoms with Gasteiger partial charge in [-0.1, -0.05) is 5.16 Å². The number of H-pyrrole nitrogens is 1. The summed E-state index contributed by atoms with van der Waals surface area (Å²) in [6.45, 7) is 8.20. The van der Waals surface area contributed by atoms with Crippen molar-refractivity contribution in [2.24, 2.45) is 5.16 Å². The van der Waals surface area contributed by atoms with E-state index in [1.54, 1.807) is 13.1 Å². The van der Waals surface area contributed by atoms with Gasteiger partial charge in [0.05, 0.1) is 24.1 Å². The van der Waals surface area contributed by atoms with E-state index in [9.17, 15) is 4.79 Å². The SMILES string of the molecule is CCO/N=C/c1[nH]c(C)c(C(=O)OCC)c1C. The number of aryl methyl sites for hydroxylation is 1. The van der Waals surface area contributed by atoms with E-state index in [1.807, 2.05) is 20.8 Å². The molecule has 0 spiro atoms. The van der Waals surface area contributed by atoms with Gasteiger partial charge in [0.1, 0.15) is 6.61 Å². The van der Waals surface area contributed by atoms with Gasteiger partial charge in [0.2, 0.25) is 0 Å². The lowest BCUT2D eigenvalue weighted by Crippen LogP contribution is -2.06. The number of aromatic nitrogens is 1. The molecule has 1 aromatic rings. The summed E-state index contributed by atoms with van der Waals surface area (Å²) >= 11 is 0. The number of carbonyl (C=O) groups is 1. The predicted molar refractivity (Wildman–Crippen MR) is 65.4 cm³/mol. The van der Waals surface area contributed by atoms with Crippen LogP contribution in [0.25, 0.3) is 0 Å². The van der Waals surface area contributed by atoms with Gasteiger partial charge < -0.3 is 14.6 Å². The second-order valence-electron chi connectivity index (χ2n) is 3.54. The fourth-order valence-electron chi connectivity index (χ4n) is 1.58. The van der Waals surface area contributed by atoms with Gasteiger partial charge in [-0.3, -0.25) is 0 Å². The summed E-state index contributed by atoms with van der Waals surface area (Å²) in [5.74, 6) is -0.310. The number of hydrogen-bond acceptors (Lipinski definition) is 4. The van der Waals surface area contributed by atoms with Crippen molar-refractivity contribution in [3.8, 4) is 0 Å². The van der Waals surface area contributed by atoms with Crippen molar-refractivity contribution in [2.75, 3.05) is 13.2 Å². The zero-order valence-electron chi connectivity index (χ0n) is 10.7. The van der Waals surface area contributed by atoms with E-state index < -0.39 is 0 Å². The van der Waals surface area contributed by atoms with Crippen LogP contribution < -0.4 is 0 Å². The first-order valence-electron chi connectivity index (χ1n) is 5.63. The van der Waals surface area contributed by atoms with Crippen molar-refractivity contribution in [1.82, 2.24) is 4.98 Å². The lowest BCUT2D eigenvalue weighted by Gasteiger charge is -2.01. The van der Waals surface area contributed by atoms with Crippen LogP contribution in [0.3, 0.4) is 0 Å². The molecule has 0 saturated carbocycles. The molecule has 1 rings (SSSR count). The number of aromatic amines is 1. The Morgan fingerprint density at radius 1 is 1.35 bits per heavy atom. The molecule has 0 atom stereocenters. The number of nitrogens with zero attached hydrogens (tertiary/aromatic N) is 1. The molecule has 0 unspecified atom stereocenters. The maximum absolute atomic E-state index is 11.7. The minimum absolute atomic E-state index is 0.310. The van der Waals surface area contributed by atoms with Gasteiger partial charge in [-0.15, -0.1) is 0 Å². The summed E-state index contributed by atoms with van der Waals surface area (Å²) in [7, 11) is 0. The van der Waals surface area contributed by atoms with Crippen LogP contribution in [-0.2, 0) is 9.57 Å². The molecule has 0 amide bonds. The fourth-order valence-corrected chi connectivity index (χ4v) is 1.58. The summed E-state index contributed by atoms with van der Waals surface area (Å²) in [5.41, 5.74) is 2.94. The molecule has 17 heavy (non-hydrogen) atoms. The Morgan fingerprint density at radius 3 is 2.65 bits per heavy atom. The van der Waals surface area contributed by atoms with Crippen molar-refractivity contribution in [3.63, 3.8) is 0 Å². The van der Waals surface area contributed by atoms with Crippen molar-refractivity contribution in [2.45, 2.75) is 27.7 Å². The van der Waals surface area contributed by atoms with Crippen molar-refractivity contribution in [1.29, 1.82) is 0 Å². The second-order valence-corrected chi connectivity index (χ2v) is 3.54. The van der Waals surface area contributed by atoms with Crippen molar-refractivity contribution in [3.05, 3.63) is 22.5 Å². The quantitative estimate of drug-likeness (QED) is 0.486. The molecule has 5 heteroatoms. The minimum Gasteiger partial charge on any atom is -0.462 e. The average molecular weight is 238 g/mol. The third kappa shape index (κ3) is 3.09. The average Bonchev–Trinajstić information content (AvgIpc) is 2.55. The topological polar surface area (TPSA) is 63.7 Å². The molecule has 0 aromatic carbocycles. The highest BCUT2D eigenvalue weighted by Crippen LogP contribution is 2.17. The lowest BCUT2D eigenvalue weighted by atomic mass is 10.1. The molecule has 1 heterocycles. The first-order valence-corrected chi connectivity index (χ1v) is 5.63. The molecule has 1 N–H and O–H groups in total. The molecule has 94 valence electrons. The fraction of sp³-hybridized carbons (Fsp3) is 0.500. The Balaban J connectivity index is 2.97. The highest BCUT2D eigenvalue weighted by atomic mass is 16.6. The second kappa shape index (κ2) is 6.08. The number of hydrogen-bond donors (Lipinski definition) is 1. The van der Waals surface area contributed by atoms with Gasteiger partial charge >= 0.3 is 5.97 Å². The number of rotatable bonds is 5. The standard InChI is InChI=1S/C12H18N2O3/c1-5-16-12(15)11-8(3)10(14-9(11)4)7-13-17-6-2/h7,14H,5-6H2,1-4H3/b13-7+. The Bertz CT molecular complexity index is 422. The number of ether oxygens (including phenoxy) is 1. The molecular formula is C12H18N2O3. The molecular weight excluding hydrogens is 220 g/mol. The third-order valence-electron chi connectivity index (χ3n) is 2.34. The number of carbonyl (C=O) groups excluding carboxylic acids is 1. The normalized spacial score (nSPS) is 10.8. The van der Waals surface area contributed by atoms with Gasteiger partial charge in [-0.2, -0.15) is 0 Å². The van der Waals surface area contributed by atoms with Gasteiger partial charge in [0, 0.05) is 5.69 Å². The van der Waals surface area contributed by atoms with E-state index in [2.05, 4.69) is 10.1 Å². The van der Waals surface area contributed by atoms with E-state index in [-0.39, 0.29) is 5.97 Å². The van der Waals surface area contributed by atoms with Crippen LogP contribution in [-0.4, -0.2) is 30.4 Å². The van der Waals surface area contributed by atoms with Crippen LogP contribution in [0.2, 0.25) is 0 Å². The van der Waals surface area contributed by atoms with E-state index in [0.717, 1.165) is 17.0 Å². The molecule has 0 radical (unpaired) electrons. The van der Waals surface area contributed by atoms with Crippen LogP contribution in [0, 0.1) is 13.8 Å². The van der Waals surface area contributed by atoms with E-state index in [0.29, 0.717) is 18.8 Å². The van der Waals surface area contributed by atoms with Gasteiger partial charge in [-0.25, -0.2) is 4.79 Å². The Kier molecular flexibility index (Phi) is 4.75. The Hall–Kier alpha value is -1.78. The number of oxime groups is 1. The molecule has 0 saturated heterocycles. The van der Waals surface area contributed by atoms with Crippen LogP contribution in [0.15, 0.2) is 5.16 Å². The van der Waals surface area contributed by atoms with E-state index in [4.69, 9.17) is 9.57 Å². The van der Waals surface area contributed by atoms with Crippen molar-refractivity contribution >= 4 is 12.2 Å². The summed E-state index contributed by atoms with van der Waals surface area (Å²) in [6.07, 6.45) is 1.56. The summed E-state index contributed by atoms with van der Waals surface area (Å²) in [4.78, 5) is 19.7. The summed E-state index contributed by atoms with van der Waals surface area (Å²) in [6, 6.07) is 0. The third-order valence-corrected chi connectivity index (χ3v) is 2.34. The molecule has 1 aromatic heterocycles. The minimum atomic E-state index is -0.310. The Labute approximate surface area is 101 Å². The van der Waals surface area contributed by atoms with Gasteiger partial charge in [0.25, 0.3) is 0 Å². The van der Waals surface area contributed by atoms with E-state index in [1.165, 1.54) is 0 Å². The molecule has 0 aliphatic carbocycles.